The van der Waals surface area contributed by atoms with Crippen LogP contribution in [-0.2, 0) is 0 Å². The van der Waals surface area contributed by atoms with Crippen LogP contribution in [0.1, 0.15) is 19.4 Å². The molecule has 0 unspecified atom stereocenters. The van der Waals surface area contributed by atoms with E-state index in [4.69, 9.17) is 0 Å². The monoisotopic (exact) mass is 539 g/mol. The molecule has 150 valence electrons. The molecule has 0 aliphatic carbocycles. The summed E-state index contributed by atoms with van der Waals surface area (Å²) in [5, 5.41) is 2.74. The van der Waals surface area contributed by atoms with Crippen molar-refractivity contribution in [2.24, 2.45) is 0 Å². The molecule has 4 heteroatoms. The lowest BCUT2D eigenvalue weighted by Crippen LogP contribution is -3.00. The van der Waals surface area contributed by atoms with Gasteiger partial charge in [-0.05, 0) is 43.3 Å². The van der Waals surface area contributed by atoms with E-state index in [9.17, 15) is 0 Å². The van der Waals surface area contributed by atoms with E-state index < -0.39 is 0 Å². The van der Waals surface area contributed by atoms with E-state index in [1.165, 1.54) is 47.3 Å². The zero-order valence-electron chi connectivity index (χ0n) is 16.9. The molecule has 1 heterocycles. The second-order valence-electron chi connectivity index (χ2n) is 7.11. The highest BCUT2D eigenvalue weighted by Gasteiger charge is 2.32. The van der Waals surface area contributed by atoms with Gasteiger partial charge in [0.25, 0.3) is 0 Å². The summed E-state index contributed by atoms with van der Waals surface area (Å²) < 4.78 is 2.47. The Morgan fingerprint density at radius 3 is 1.93 bits per heavy atom. The largest absolute Gasteiger partial charge is 1.00 e. The maximum atomic E-state index is 2.47. The fourth-order valence-corrected chi connectivity index (χ4v) is 6.18. The number of halogens is 1. The molecule has 5 rings (SSSR count). The molecule has 0 saturated carbocycles. The molecule has 0 radical (unpaired) electrons. The van der Waals surface area contributed by atoms with Crippen LogP contribution in [0.2, 0.25) is 0 Å². The average molecular weight is 540 g/mol. The number of benzene rings is 4. The summed E-state index contributed by atoms with van der Waals surface area (Å²) in [5.41, 5.74) is 4.08. The van der Waals surface area contributed by atoms with Gasteiger partial charge < -0.3 is 24.0 Å². The second kappa shape index (κ2) is 9.16. The Labute approximate surface area is 203 Å². The van der Waals surface area contributed by atoms with Gasteiger partial charge in [0.1, 0.15) is 6.54 Å². The zero-order valence-corrected chi connectivity index (χ0v) is 20.7. The van der Waals surface area contributed by atoms with E-state index in [1.54, 1.807) is 0 Å². The van der Waals surface area contributed by atoms with Crippen molar-refractivity contribution in [3.63, 3.8) is 0 Å². The van der Waals surface area contributed by atoms with Gasteiger partial charge in [-0.1, -0.05) is 72.1 Å². The zero-order chi connectivity index (χ0) is 19.8. The molecule has 0 amide bonds. The summed E-state index contributed by atoms with van der Waals surface area (Å²) in [6, 6.07) is 30.5. The summed E-state index contributed by atoms with van der Waals surface area (Å²) in [4.78, 5) is 5.20. The van der Waals surface area contributed by atoms with Crippen LogP contribution >= 0.6 is 23.5 Å². The summed E-state index contributed by atoms with van der Waals surface area (Å²) >= 11 is 3.72. The second-order valence-corrected chi connectivity index (χ2v) is 9.34. The van der Waals surface area contributed by atoms with Crippen molar-refractivity contribution in [1.29, 1.82) is 0 Å². The van der Waals surface area contributed by atoms with Crippen LogP contribution in [0.4, 0.5) is 5.69 Å². The molecule has 4 aromatic rings. The van der Waals surface area contributed by atoms with Gasteiger partial charge >= 0.3 is 0 Å². The molecule has 0 fully saturated rings. The molecular formula is C26H22INS2. The Hall–Kier alpha value is -1.76. The van der Waals surface area contributed by atoms with Crippen LogP contribution < -0.4 is 24.0 Å². The SMILES string of the molecule is CC[N+]1=C(C)c2cccc3c(Sc4ccccc4)cc(Sc4ccccc4)c1c23.[I-]. The Morgan fingerprint density at radius 2 is 1.33 bits per heavy atom. The minimum atomic E-state index is 0. The predicted molar refractivity (Wildman–Crippen MR) is 125 cm³/mol. The van der Waals surface area contributed by atoms with Crippen molar-refractivity contribution in [1.82, 2.24) is 0 Å². The Balaban J connectivity index is 0.00000218. The van der Waals surface area contributed by atoms with E-state index in [-0.39, 0.29) is 24.0 Å². The normalized spacial score (nSPS) is 12.3. The van der Waals surface area contributed by atoms with Crippen molar-refractivity contribution in [3.8, 4) is 0 Å². The molecule has 0 atom stereocenters. The maximum absolute atomic E-state index is 2.47. The third-order valence-corrected chi connectivity index (χ3v) is 7.49. The predicted octanol–water partition coefficient (Wildman–Crippen LogP) is 4.63. The highest BCUT2D eigenvalue weighted by Crippen LogP contribution is 2.48. The maximum Gasteiger partial charge on any atom is 0.228 e. The quantitative estimate of drug-likeness (QED) is 0.269. The summed E-state index contributed by atoms with van der Waals surface area (Å²) in [5.74, 6) is 0. The van der Waals surface area contributed by atoms with Gasteiger partial charge in [-0.15, -0.1) is 0 Å². The van der Waals surface area contributed by atoms with Crippen molar-refractivity contribution in [2.75, 3.05) is 6.54 Å². The number of nitrogens with zero attached hydrogens (tertiary/aromatic N) is 1. The van der Waals surface area contributed by atoms with Gasteiger partial charge in [-0.2, -0.15) is 4.58 Å². The average Bonchev–Trinajstić information content (AvgIpc) is 3.06. The van der Waals surface area contributed by atoms with E-state index in [2.05, 4.69) is 103 Å². The van der Waals surface area contributed by atoms with Crippen molar-refractivity contribution >= 4 is 45.7 Å². The third kappa shape index (κ3) is 3.81. The summed E-state index contributed by atoms with van der Waals surface area (Å²) in [7, 11) is 0. The standard InChI is InChI=1S/C26H22NS2.HI/c1-3-27-18(2)21-15-10-16-22-23(28-19-11-6-4-7-12-19)17-24(26(27)25(21)22)29-20-13-8-5-9-14-20;/h4-17H,3H2,1-2H3;1H/q+1;/p-1. The lowest BCUT2D eigenvalue weighted by Gasteiger charge is -2.12. The van der Waals surface area contributed by atoms with Gasteiger partial charge in [0.2, 0.25) is 5.69 Å². The molecule has 1 aliphatic rings. The van der Waals surface area contributed by atoms with Gasteiger partial charge in [-0.3, -0.25) is 0 Å². The first-order valence-corrected chi connectivity index (χ1v) is 11.6. The van der Waals surface area contributed by atoms with Crippen LogP contribution in [0.25, 0.3) is 10.8 Å². The molecule has 0 saturated heterocycles. The Kier molecular flexibility index (Phi) is 6.56. The van der Waals surface area contributed by atoms with Crippen LogP contribution in [0.15, 0.2) is 105 Å². The Bertz CT molecular complexity index is 1230. The topological polar surface area (TPSA) is 3.01 Å². The molecule has 0 bridgehead atoms. The minimum Gasteiger partial charge on any atom is -1.00 e. The van der Waals surface area contributed by atoms with Crippen LogP contribution in [-0.4, -0.2) is 16.8 Å². The number of hydrogen-bond donors (Lipinski definition) is 0. The first kappa shape index (κ1) is 21.5. The van der Waals surface area contributed by atoms with Crippen molar-refractivity contribution in [3.05, 3.63) is 90.5 Å². The smallest absolute Gasteiger partial charge is 0.228 e. The van der Waals surface area contributed by atoms with Crippen LogP contribution in [0.3, 0.4) is 0 Å². The van der Waals surface area contributed by atoms with E-state index in [0.29, 0.717) is 0 Å². The van der Waals surface area contributed by atoms with Crippen molar-refractivity contribution < 1.29 is 28.6 Å². The van der Waals surface area contributed by atoms with Gasteiger partial charge in [-0.25, -0.2) is 0 Å². The Morgan fingerprint density at radius 1 is 0.733 bits per heavy atom. The molecular weight excluding hydrogens is 517 g/mol. The lowest BCUT2D eigenvalue weighted by atomic mass is 10.0. The van der Waals surface area contributed by atoms with E-state index in [1.807, 2.05) is 23.5 Å². The molecule has 1 nitrogen and oxygen atoms in total. The van der Waals surface area contributed by atoms with E-state index in [0.717, 1.165) is 6.54 Å². The molecule has 4 aromatic carbocycles. The minimum absolute atomic E-state index is 0. The van der Waals surface area contributed by atoms with Gasteiger partial charge in [0.05, 0.1) is 15.8 Å². The third-order valence-electron chi connectivity index (χ3n) is 5.39. The first-order valence-electron chi connectivity index (χ1n) is 9.93. The lowest BCUT2D eigenvalue weighted by molar-refractivity contribution is -0.434. The van der Waals surface area contributed by atoms with Crippen LogP contribution in [0.5, 0.6) is 0 Å². The summed E-state index contributed by atoms with van der Waals surface area (Å²) in [6.45, 7) is 5.47. The van der Waals surface area contributed by atoms with Gasteiger partial charge in [0, 0.05) is 27.0 Å². The van der Waals surface area contributed by atoms with E-state index >= 15 is 0 Å². The highest BCUT2D eigenvalue weighted by molar-refractivity contribution is 8.00. The molecule has 1 aliphatic heterocycles. The summed E-state index contributed by atoms with van der Waals surface area (Å²) in [6.07, 6.45) is 0. The van der Waals surface area contributed by atoms with Crippen LogP contribution in [0, 0.1) is 0 Å². The number of rotatable bonds is 5. The number of hydrogen-bond acceptors (Lipinski definition) is 2. The first-order chi connectivity index (χ1) is 14.3. The van der Waals surface area contributed by atoms with Crippen molar-refractivity contribution in [2.45, 2.75) is 33.4 Å². The van der Waals surface area contributed by atoms with Gasteiger partial charge in [0.15, 0.2) is 5.71 Å². The highest BCUT2D eigenvalue weighted by atomic mass is 127. The molecule has 30 heavy (non-hydrogen) atoms. The molecule has 0 aromatic heterocycles. The fraction of sp³-hybridized carbons (Fsp3) is 0.115. The molecule has 0 spiro atoms. The molecule has 0 N–H and O–H groups in total. The fourth-order valence-electron chi connectivity index (χ4n) is 4.07.